The standard InChI is InChI=1S/C36H35NO3S/c1-24(22-26-12-8-6-9-13-26)35(38)34-33(27-14-10-7-11-15-27)31-23-28(16-21-32(31)37-34)25(2)41(39,40)30-19-17-29(18-20-30)36(3,4)5/h6,8-10,12-21,23,37H,1-2,7,11,22H2,3-5H3. The van der Waals surface area contributed by atoms with Gasteiger partial charge in [-0.2, -0.15) is 0 Å². The van der Waals surface area contributed by atoms with Crippen LogP contribution in [0.2, 0.25) is 0 Å². The Morgan fingerprint density at radius 1 is 0.927 bits per heavy atom. The number of benzene rings is 3. The highest BCUT2D eigenvalue weighted by Crippen LogP contribution is 2.36. The number of hydrogen-bond donors (Lipinski definition) is 1. The van der Waals surface area contributed by atoms with Crippen molar-refractivity contribution in [3.63, 3.8) is 0 Å². The molecule has 0 bridgehead atoms. The molecule has 1 aliphatic rings. The van der Waals surface area contributed by atoms with Crippen molar-refractivity contribution in [1.29, 1.82) is 0 Å². The average Bonchev–Trinajstić information content (AvgIpc) is 3.35. The number of ketones is 1. The molecule has 5 rings (SSSR count). The Morgan fingerprint density at radius 3 is 2.27 bits per heavy atom. The van der Waals surface area contributed by atoms with Crippen molar-refractivity contribution in [3.05, 3.63) is 138 Å². The lowest BCUT2D eigenvalue weighted by molar-refractivity contribution is 0.102. The van der Waals surface area contributed by atoms with E-state index >= 15 is 0 Å². The van der Waals surface area contributed by atoms with E-state index < -0.39 is 9.84 Å². The van der Waals surface area contributed by atoms with Gasteiger partial charge in [-0.25, -0.2) is 8.42 Å². The van der Waals surface area contributed by atoms with Gasteiger partial charge in [0.2, 0.25) is 15.6 Å². The predicted octanol–water partition coefficient (Wildman–Crippen LogP) is 8.63. The number of hydrogen-bond acceptors (Lipinski definition) is 3. The quantitative estimate of drug-likeness (QED) is 0.173. The number of aromatic nitrogens is 1. The Kier molecular flexibility index (Phi) is 7.58. The largest absolute Gasteiger partial charge is 0.351 e. The summed E-state index contributed by atoms with van der Waals surface area (Å²) in [7, 11) is -3.83. The van der Waals surface area contributed by atoms with Crippen molar-refractivity contribution in [1.82, 2.24) is 4.98 Å². The van der Waals surface area contributed by atoms with E-state index in [9.17, 15) is 13.2 Å². The Bertz CT molecular complexity index is 1830. The summed E-state index contributed by atoms with van der Waals surface area (Å²) < 4.78 is 27.2. The molecule has 1 aromatic heterocycles. The fourth-order valence-electron chi connectivity index (χ4n) is 5.17. The zero-order valence-electron chi connectivity index (χ0n) is 23.8. The summed E-state index contributed by atoms with van der Waals surface area (Å²) in [4.78, 5) is 17.3. The molecule has 0 aliphatic heterocycles. The SMILES string of the molecule is C=C(Cc1ccccc1)C(=O)c1[nH]c2ccc(C(=C)S(=O)(=O)c3ccc(C(C)(C)C)cc3)cc2c1C1=CCCC=C1. The van der Waals surface area contributed by atoms with Gasteiger partial charge in [-0.3, -0.25) is 4.79 Å². The second-order valence-electron chi connectivity index (χ2n) is 11.6. The number of aromatic amines is 1. The molecule has 4 aromatic rings. The Balaban J connectivity index is 1.55. The van der Waals surface area contributed by atoms with Crippen LogP contribution in [0.25, 0.3) is 21.4 Å². The van der Waals surface area contributed by atoms with Gasteiger partial charge < -0.3 is 4.98 Å². The van der Waals surface area contributed by atoms with E-state index in [2.05, 4.69) is 51.1 Å². The second kappa shape index (κ2) is 11.0. The van der Waals surface area contributed by atoms with Crippen molar-refractivity contribution in [2.75, 3.05) is 0 Å². The summed E-state index contributed by atoms with van der Waals surface area (Å²) in [5.41, 5.74) is 5.86. The number of carbonyl (C=O) groups excluding carboxylic acids is 1. The van der Waals surface area contributed by atoms with Gasteiger partial charge >= 0.3 is 0 Å². The summed E-state index contributed by atoms with van der Waals surface area (Å²) in [5.74, 6) is -0.160. The van der Waals surface area contributed by atoms with E-state index in [0.29, 0.717) is 23.3 Å². The van der Waals surface area contributed by atoms with Crippen LogP contribution in [-0.2, 0) is 21.7 Å². The number of sulfone groups is 1. The van der Waals surface area contributed by atoms with Crippen LogP contribution in [0, 0.1) is 0 Å². The van der Waals surface area contributed by atoms with Crippen LogP contribution in [-0.4, -0.2) is 19.2 Å². The molecular formula is C36H35NO3S. The van der Waals surface area contributed by atoms with Crippen molar-refractivity contribution >= 4 is 37.0 Å². The van der Waals surface area contributed by atoms with Crippen LogP contribution in [0.15, 0.2) is 115 Å². The summed E-state index contributed by atoms with van der Waals surface area (Å²) >= 11 is 0. The number of carbonyl (C=O) groups is 1. The van der Waals surface area contributed by atoms with E-state index in [1.807, 2.05) is 60.7 Å². The summed E-state index contributed by atoms with van der Waals surface area (Å²) in [6, 6.07) is 22.2. The highest BCUT2D eigenvalue weighted by Gasteiger charge is 2.26. The number of nitrogens with one attached hydrogen (secondary N) is 1. The first-order chi connectivity index (χ1) is 19.5. The lowest BCUT2D eigenvalue weighted by atomic mass is 9.87. The molecule has 0 fully saturated rings. The van der Waals surface area contributed by atoms with E-state index in [1.54, 1.807) is 18.2 Å². The molecule has 41 heavy (non-hydrogen) atoms. The Morgan fingerprint density at radius 2 is 1.63 bits per heavy atom. The van der Waals surface area contributed by atoms with Crippen LogP contribution in [0.5, 0.6) is 0 Å². The Labute approximate surface area is 242 Å². The summed E-state index contributed by atoms with van der Waals surface area (Å²) in [6.45, 7) is 14.4. The minimum absolute atomic E-state index is 0.0181. The summed E-state index contributed by atoms with van der Waals surface area (Å²) in [6.07, 6.45) is 8.48. The molecule has 5 heteroatoms. The van der Waals surface area contributed by atoms with Crippen LogP contribution >= 0.6 is 0 Å². The van der Waals surface area contributed by atoms with Crippen molar-refractivity contribution in [2.24, 2.45) is 0 Å². The number of Topliss-reactive ketones (excluding diaryl/α,β-unsaturated/α-hetero) is 1. The summed E-state index contributed by atoms with van der Waals surface area (Å²) in [5, 5.41) is 0.774. The van der Waals surface area contributed by atoms with E-state index in [0.717, 1.165) is 46.0 Å². The van der Waals surface area contributed by atoms with Gasteiger partial charge in [0.25, 0.3) is 0 Å². The monoisotopic (exact) mass is 561 g/mol. The maximum atomic E-state index is 13.7. The third-order valence-corrected chi connectivity index (χ3v) is 9.34. The fraction of sp³-hybridized carbons (Fsp3) is 0.194. The third-order valence-electron chi connectivity index (χ3n) is 7.57. The first kappa shape index (κ1) is 28.3. The first-order valence-electron chi connectivity index (χ1n) is 13.8. The molecule has 0 radical (unpaired) electrons. The van der Waals surface area contributed by atoms with Crippen molar-refractivity contribution in [2.45, 2.75) is 50.3 Å². The van der Waals surface area contributed by atoms with Crippen LogP contribution in [0.1, 0.15) is 66.4 Å². The topological polar surface area (TPSA) is 67.0 Å². The van der Waals surface area contributed by atoms with Crippen molar-refractivity contribution in [3.8, 4) is 0 Å². The number of rotatable bonds is 8. The van der Waals surface area contributed by atoms with E-state index in [4.69, 9.17) is 0 Å². The normalized spacial score (nSPS) is 13.7. The molecule has 1 N–H and O–H groups in total. The highest BCUT2D eigenvalue weighted by atomic mass is 32.2. The number of fused-ring (bicyclic) bond motifs is 1. The van der Waals surface area contributed by atoms with Crippen LogP contribution in [0.3, 0.4) is 0 Å². The molecule has 0 atom stereocenters. The molecule has 3 aromatic carbocycles. The second-order valence-corrected chi connectivity index (χ2v) is 13.5. The third kappa shape index (κ3) is 5.68. The minimum atomic E-state index is -3.83. The molecule has 1 aliphatic carbocycles. The van der Waals surface area contributed by atoms with Gasteiger partial charge in [0, 0.05) is 22.9 Å². The molecule has 0 spiro atoms. The zero-order chi connectivity index (χ0) is 29.4. The number of allylic oxidation sites excluding steroid dienone is 5. The molecule has 0 unspecified atom stereocenters. The first-order valence-corrected chi connectivity index (χ1v) is 15.3. The van der Waals surface area contributed by atoms with Crippen LogP contribution in [0.4, 0.5) is 0 Å². The number of H-pyrrole nitrogens is 1. The maximum Gasteiger partial charge on any atom is 0.206 e. The zero-order valence-corrected chi connectivity index (χ0v) is 24.6. The molecule has 4 nitrogen and oxygen atoms in total. The van der Waals surface area contributed by atoms with Gasteiger partial charge in [-0.1, -0.05) is 101 Å². The van der Waals surface area contributed by atoms with E-state index in [1.165, 1.54) is 0 Å². The fourth-order valence-corrected chi connectivity index (χ4v) is 6.38. The molecular weight excluding hydrogens is 526 g/mol. The smallest absolute Gasteiger partial charge is 0.206 e. The maximum absolute atomic E-state index is 13.7. The molecule has 1 heterocycles. The predicted molar refractivity (Wildman–Crippen MR) is 170 cm³/mol. The molecule has 0 saturated heterocycles. The van der Waals surface area contributed by atoms with Gasteiger partial charge in [-0.15, -0.1) is 0 Å². The van der Waals surface area contributed by atoms with Crippen molar-refractivity contribution < 1.29 is 13.2 Å². The average molecular weight is 562 g/mol. The van der Waals surface area contributed by atoms with Gasteiger partial charge in [0.15, 0.2) is 0 Å². The van der Waals surface area contributed by atoms with Gasteiger partial charge in [0.05, 0.1) is 15.5 Å². The van der Waals surface area contributed by atoms with Gasteiger partial charge in [0.1, 0.15) is 0 Å². The Hall–Kier alpha value is -4.22. The highest BCUT2D eigenvalue weighted by molar-refractivity contribution is 8.00. The lowest BCUT2D eigenvalue weighted by Crippen LogP contribution is -2.11. The minimum Gasteiger partial charge on any atom is -0.351 e. The molecule has 0 amide bonds. The van der Waals surface area contributed by atoms with E-state index in [-0.39, 0.29) is 21.0 Å². The lowest BCUT2D eigenvalue weighted by Gasteiger charge is -2.19. The van der Waals surface area contributed by atoms with Crippen LogP contribution < -0.4 is 0 Å². The van der Waals surface area contributed by atoms with Gasteiger partial charge in [-0.05, 0) is 70.4 Å². The molecule has 0 saturated carbocycles. The molecule has 208 valence electrons.